The number of fused-ring (bicyclic) bond motifs is 2. The smallest absolute Gasteiger partial charge is 0.202 e. The molecule has 30 heavy (non-hydrogen) atoms. The highest BCUT2D eigenvalue weighted by atomic mass is 16.3. The van der Waals surface area contributed by atoms with Crippen molar-refractivity contribution in [1.29, 1.82) is 0 Å². The minimum atomic E-state index is -0.620. The summed E-state index contributed by atoms with van der Waals surface area (Å²) in [5, 5.41) is 21.7. The number of phenols is 2. The van der Waals surface area contributed by atoms with Crippen molar-refractivity contribution in [3.63, 3.8) is 0 Å². The highest BCUT2D eigenvalue weighted by molar-refractivity contribution is 6.33. The number of anilines is 2. The Balaban J connectivity index is 2.19. The molecule has 6 nitrogen and oxygen atoms in total. The number of rotatable bonds is 6. The molecule has 1 aliphatic rings. The van der Waals surface area contributed by atoms with Crippen LogP contribution in [0.1, 0.15) is 83.5 Å². The number of hydrogen-bond acceptors (Lipinski definition) is 6. The third kappa shape index (κ3) is 3.62. The van der Waals surface area contributed by atoms with E-state index >= 15 is 0 Å². The summed E-state index contributed by atoms with van der Waals surface area (Å²) in [6.07, 6.45) is 2.64. The number of hydrogen-bond donors (Lipinski definition) is 4. The fourth-order valence-electron chi connectivity index (χ4n) is 3.95. The quantitative estimate of drug-likeness (QED) is 0.356. The lowest BCUT2D eigenvalue weighted by atomic mass is 9.79. The number of nitrogen functional groups attached to an aromatic ring is 2. The molecule has 3 rings (SSSR count). The first-order valence-electron chi connectivity index (χ1n) is 10.4. The number of carbonyl (C=O) groups excluding carboxylic acids is 2. The third-order valence-corrected chi connectivity index (χ3v) is 5.71. The number of carbonyl (C=O) groups is 2. The molecular formula is C24H30N2O4. The average molecular weight is 411 g/mol. The number of ketones is 2. The van der Waals surface area contributed by atoms with Crippen LogP contribution in [0.5, 0.6) is 11.5 Å². The molecule has 2 aromatic rings. The van der Waals surface area contributed by atoms with Gasteiger partial charge < -0.3 is 21.7 Å². The van der Waals surface area contributed by atoms with Crippen LogP contribution in [0.15, 0.2) is 12.1 Å². The summed E-state index contributed by atoms with van der Waals surface area (Å²) in [5.41, 5.74) is 13.2. The van der Waals surface area contributed by atoms with Gasteiger partial charge in [0.2, 0.25) is 5.78 Å². The summed E-state index contributed by atoms with van der Waals surface area (Å²) in [4.78, 5) is 26.6. The lowest BCUT2D eigenvalue weighted by Crippen LogP contribution is -2.25. The topological polar surface area (TPSA) is 127 Å². The van der Waals surface area contributed by atoms with Crippen molar-refractivity contribution in [2.75, 3.05) is 11.5 Å². The van der Waals surface area contributed by atoms with Gasteiger partial charge in [0.25, 0.3) is 0 Å². The second kappa shape index (κ2) is 8.01. The molecular weight excluding hydrogens is 380 g/mol. The van der Waals surface area contributed by atoms with Crippen molar-refractivity contribution in [1.82, 2.24) is 0 Å². The number of phenolic OH excluding ortho intramolecular Hbond substituents is 2. The van der Waals surface area contributed by atoms with Gasteiger partial charge in [-0.2, -0.15) is 0 Å². The van der Waals surface area contributed by atoms with E-state index in [1.54, 1.807) is 12.1 Å². The van der Waals surface area contributed by atoms with Crippen LogP contribution in [-0.4, -0.2) is 21.8 Å². The normalized spacial score (nSPS) is 13.1. The van der Waals surface area contributed by atoms with Gasteiger partial charge in [0.1, 0.15) is 11.5 Å². The van der Waals surface area contributed by atoms with Gasteiger partial charge in [-0.05, 0) is 60.8 Å². The number of nitrogens with two attached hydrogens (primary N) is 2. The Kier molecular flexibility index (Phi) is 5.79. The molecule has 0 radical (unpaired) electrons. The molecule has 0 heterocycles. The Bertz CT molecular complexity index is 959. The zero-order chi connectivity index (χ0) is 22.3. The van der Waals surface area contributed by atoms with Crippen molar-refractivity contribution >= 4 is 22.9 Å². The maximum Gasteiger partial charge on any atom is 0.202 e. The van der Waals surface area contributed by atoms with E-state index in [1.807, 2.05) is 0 Å². The second-order valence-electron chi connectivity index (χ2n) is 8.97. The summed E-state index contributed by atoms with van der Waals surface area (Å²) in [7, 11) is 0. The lowest BCUT2D eigenvalue weighted by Gasteiger charge is -2.24. The van der Waals surface area contributed by atoms with Crippen LogP contribution in [0.25, 0.3) is 0 Å². The fraction of sp³-hybridized carbons (Fsp3) is 0.417. The predicted octanol–water partition coefficient (Wildman–Crippen LogP) is 4.21. The van der Waals surface area contributed by atoms with Crippen molar-refractivity contribution < 1.29 is 19.8 Å². The van der Waals surface area contributed by atoms with Gasteiger partial charge in [-0.1, -0.05) is 27.7 Å². The van der Waals surface area contributed by atoms with Crippen molar-refractivity contribution in [3.05, 3.63) is 45.5 Å². The lowest BCUT2D eigenvalue weighted by molar-refractivity contribution is 0.0975. The number of aromatic hydroxyl groups is 2. The zero-order valence-electron chi connectivity index (χ0n) is 18.0. The van der Waals surface area contributed by atoms with Crippen molar-refractivity contribution in [2.24, 2.45) is 11.8 Å². The molecule has 160 valence electrons. The zero-order valence-corrected chi connectivity index (χ0v) is 18.0. The van der Waals surface area contributed by atoms with Gasteiger partial charge in [-0.3, -0.25) is 9.59 Å². The molecule has 0 saturated heterocycles. The van der Waals surface area contributed by atoms with Crippen molar-refractivity contribution in [2.45, 2.75) is 53.4 Å². The number of aryl methyl sites for hydroxylation is 2. The van der Waals surface area contributed by atoms with Crippen molar-refractivity contribution in [3.8, 4) is 11.5 Å². The monoisotopic (exact) mass is 410 g/mol. The van der Waals surface area contributed by atoms with E-state index in [1.165, 1.54) is 0 Å². The summed E-state index contributed by atoms with van der Waals surface area (Å²) >= 11 is 0. The molecule has 2 aromatic carbocycles. The first-order valence-corrected chi connectivity index (χ1v) is 10.4. The summed E-state index contributed by atoms with van der Waals surface area (Å²) in [5.74, 6) is -0.861. The van der Waals surface area contributed by atoms with Gasteiger partial charge in [-0.15, -0.1) is 0 Å². The van der Waals surface area contributed by atoms with E-state index in [-0.39, 0.29) is 45.1 Å². The van der Waals surface area contributed by atoms with Gasteiger partial charge in [0, 0.05) is 11.4 Å². The molecule has 0 saturated carbocycles. The SMILES string of the molecule is CC(C)CCc1cc(N)c2c(c1O)C(=O)c1c(O)c(CCC(C)C)cc(N)c1C2=O. The Morgan fingerprint density at radius 2 is 1.03 bits per heavy atom. The Morgan fingerprint density at radius 3 is 1.37 bits per heavy atom. The molecule has 6 heteroatoms. The third-order valence-electron chi connectivity index (χ3n) is 5.71. The Labute approximate surface area is 176 Å². The molecule has 0 aliphatic heterocycles. The minimum Gasteiger partial charge on any atom is -0.507 e. The van der Waals surface area contributed by atoms with E-state index in [0.29, 0.717) is 35.8 Å². The second-order valence-corrected chi connectivity index (χ2v) is 8.97. The molecule has 0 aromatic heterocycles. The summed E-state index contributed by atoms with van der Waals surface area (Å²) < 4.78 is 0. The molecule has 6 N–H and O–H groups in total. The average Bonchev–Trinajstić information content (AvgIpc) is 2.66. The van der Waals surface area contributed by atoms with Crippen LogP contribution in [0.2, 0.25) is 0 Å². The Morgan fingerprint density at radius 1 is 0.700 bits per heavy atom. The molecule has 0 bridgehead atoms. The fourth-order valence-corrected chi connectivity index (χ4v) is 3.95. The van der Waals surface area contributed by atoms with E-state index in [4.69, 9.17) is 11.5 Å². The Hall–Kier alpha value is -3.02. The first kappa shape index (κ1) is 21.7. The van der Waals surface area contributed by atoms with E-state index < -0.39 is 11.6 Å². The maximum absolute atomic E-state index is 13.4. The van der Waals surface area contributed by atoms with Gasteiger partial charge in [0.05, 0.1) is 22.3 Å². The molecule has 0 spiro atoms. The largest absolute Gasteiger partial charge is 0.507 e. The minimum absolute atomic E-state index is 0.0423. The predicted molar refractivity (Wildman–Crippen MR) is 118 cm³/mol. The van der Waals surface area contributed by atoms with Gasteiger partial charge in [0.15, 0.2) is 5.78 Å². The molecule has 0 amide bonds. The van der Waals surface area contributed by atoms with Crippen LogP contribution in [0.4, 0.5) is 11.4 Å². The highest BCUT2D eigenvalue weighted by Crippen LogP contribution is 2.44. The van der Waals surface area contributed by atoms with Crippen LogP contribution >= 0.6 is 0 Å². The summed E-state index contributed by atoms with van der Waals surface area (Å²) in [6, 6.07) is 3.11. The standard InChI is InChI=1S/C24H30N2O4/c1-11(2)5-7-13-9-15(25)17-19(21(13)27)24(30)20-18(23(17)29)16(26)10-14(22(20)28)8-6-12(3)4/h9-12,27-28H,5-8,25-26H2,1-4H3. The molecule has 0 atom stereocenters. The van der Waals surface area contributed by atoms with Crippen LogP contribution in [-0.2, 0) is 12.8 Å². The molecule has 0 unspecified atom stereocenters. The summed E-state index contributed by atoms with van der Waals surface area (Å²) in [6.45, 7) is 8.24. The van der Waals surface area contributed by atoms with Crippen LogP contribution < -0.4 is 11.5 Å². The first-order chi connectivity index (χ1) is 14.0. The van der Waals surface area contributed by atoms with E-state index in [2.05, 4.69) is 27.7 Å². The highest BCUT2D eigenvalue weighted by Gasteiger charge is 2.39. The van der Waals surface area contributed by atoms with Crippen LogP contribution in [0, 0.1) is 11.8 Å². The van der Waals surface area contributed by atoms with Gasteiger partial charge >= 0.3 is 0 Å². The maximum atomic E-state index is 13.4. The molecule has 1 aliphatic carbocycles. The van der Waals surface area contributed by atoms with Crippen LogP contribution in [0.3, 0.4) is 0 Å². The molecule has 0 fully saturated rings. The van der Waals surface area contributed by atoms with E-state index in [9.17, 15) is 19.8 Å². The van der Waals surface area contributed by atoms with Gasteiger partial charge in [-0.25, -0.2) is 0 Å². The number of benzene rings is 2. The van der Waals surface area contributed by atoms with E-state index in [0.717, 1.165) is 12.8 Å².